The topological polar surface area (TPSA) is 93.5 Å². The predicted molar refractivity (Wildman–Crippen MR) is 119 cm³/mol. The standard InChI is InChI=1S/C20H19Cl2N3O4S/c1-4-11-9-12(19(26)28-5-2)18(30-11)24-20(27)23-16-10(3)29-25-17(16)15-13(21)7-6-8-14(15)22/h6-9H,4-5H2,1-3H3,(H2,23,24,27). The molecule has 2 N–H and O–H groups in total. The first-order chi connectivity index (χ1) is 14.3. The smallest absolute Gasteiger partial charge is 0.341 e. The highest BCUT2D eigenvalue weighted by Gasteiger charge is 2.23. The third kappa shape index (κ3) is 4.61. The van der Waals surface area contributed by atoms with Crippen LogP contribution < -0.4 is 10.6 Å². The van der Waals surface area contributed by atoms with Crippen LogP contribution in [0, 0.1) is 6.92 Å². The number of nitrogens with zero attached hydrogens (tertiary/aromatic N) is 1. The lowest BCUT2D eigenvalue weighted by Crippen LogP contribution is -2.21. The van der Waals surface area contributed by atoms with Crippen molar-refractivity contribution in [2.45, 2.75) is 27.2 Å². The van der Waals surface area contributed by atoms with Crippen LogP contribution in [0.4, 0.5) is 15.5 Å². The largest absolute Gasteiger partial charge is 0.462 e. The monoisotopic (exact) mass is 467 g/mol. The van der Waals surface area contributed by atoms with Crippen molar-refractivity contribution < 1.29 is 18.8 Å². The summed E-state index contributed by atoms with van der Waals surface area (Å²) in [6.45, 7) is 5.58. The molecule has 158 valence electrons. The summed E-state index contributed by atoms with van der Waals surface area (Å²) in [5, 5.41) is 10.6. The second kappa shape index (κ2) is 9.51. The van der Waals surface area contributed by atoms with Crippen LogP contribution in [0.3, 0.4) is 0 Å². The van der Waals surface area contributed by atoms with Crippen LogP contribution >= 0.6 is 34.5 Å². The Morgan fingerprint density at radius 2 is 1.90 bits per heavy atom. The Morgan fingerprint density at radius 3 is 2.53 bits per heavy atom. The molecule has 0 spiro atoms. The Kier molecular flexibility index (Phi) is 7.02. The van der Waals surface area contributed by atoms with Crippen molar-refractivity contribution in [2.75, 3.05) is 17.2 Å². The lowest BCUT2D eigenvalue weighted by atomic mass is 10.1. The summed E-state index contributed by atoms with van der Waals surface area (Å²) < 4.78 is 10.3. The third-order valence-electron chi connectivity index (χ3n) is 4.15. The van der Waals surface area contributed by atoms with E-state index in [1.54, 1.807) is 38.1 Å². The number of anilines is 2. The molecule has 0 radical (unpaired) electrons. The van der Waals surface area contributed by atoms with E-state index in [0.29, 0.717) is 43.3 Å². The number of hydrogen-bond donors (Lipinski definition) is 2. The van der Waals surface area contributed by atoms with Gasteiger partial charge < -0.3 is 14.6 Å². The Balaban J connectivity index is 1.88. The van der Waals surface area contributed by atoms with Gasteiger partial charge in [0.15, 0.2) is 5.76 Å². The zero-order chi connectivity index (χ0) is 21.8. The van der Waals surface area contributed by atoms with Crippen molar-refractivity contribution in [3.05, 3.63) is 50.5 Å². The summed E-state index contributed by atoms with van der Waals surface area (Å²) in [4.78, 5) is 25.9. The van der Waals surface area contributed by atoms with E-state index in [9.17, 15) is 9.59 Å². The molecular formula is C20H19Cl2N3O4S. The summed E-state index contributed by atoms with van der Waals surface area (Å²) >= 11 is 13.9. The van der Waals surface area contributed by atoms with Crippen LogP contribution in [0.15, 0.2) is 28.8 Å². The highest BCUT2D eigenvalue weighted by atomic mass is 35.5. The number of carbonyl (C=O) groups is 2. The molecule has 2 aromatic heterocycles. The fourth-order valence-corrected chi connectivity index (χ4v) is 4.29. The average Bonchev–Trinajstić information content (AvgIpc) is 3.26. The van der Waals surface area contributed by atoms with Gasteiger partial charge in [-0.15, -0.1) is 11.3 Å². The van der Waals surface area contributed by atoms with Gasteiger partial charge in [0.05, 0.1) is 22.2 Å². The van der Waals surface area contributed by atoms with Gasteiger partial charge in [-0.05, 0) is 38.5 Å². The summed E-state index contributed by atoms with van der Waals surface area (Å²) in [6.07, 6.45) is 0.723. The van der Waals surface area contributed by atoms with E-state index >= 15 is 0 Å². The van der Waals surface area contributed by atoms with E-state index in [2.05, 4.69) is 15.8 Å². The van der Waals surface area contributed by atoms with E-state index in [0.717, 1.165) is 11.3 Å². The van der Waals surface area contributed by atoms with Crippen LogP contribution in [0.2, 0.25) is 10.0 Å². The molecule has 0 saturated heterocycles. The van der Waals surface area contributed by atoms with Crippen molar-refractivity contribution in [2.24, 2.45) is 0 Å². The molecule has 3 aromatic rings. The zero-order valence-electron chi connectivity index (χ0n) is 16.5. The average molecular weight is 468 g/mol. The van der Waals surface area contributed by atoms with Crippen molar-refractivity contribution in [3.8, 4) is 11.3 Å². The van der Waals surface area contributed by atoms with Gasteiger partial charge in [0.1, 0.15) is 16.4 Å². The number of urea groups is 1. The maximum absolute atomic E-state index is 12.7. The number of aryl methyl sites for hydroxylation is 2. The molecule has 2 heterocycles. The second-order valence-corrected chi connectivity index (χ2v) is 8.12. The SMILES string of the molecule is CCOC(=O)c1cc(CC)sc1NC(=O)Nc1c(-c2c(Cl)cccc2Cl)noc1C. The Labute approximate surface area is 187 Å². The minimum atomic E-state index is -0.569. The number of benzene rings is 1. The summed E-state index contributed by atoms with van der Waals surface area (Å²) in [5.74, 6) is -0.115. The first-order valence-corrected chi connectivity index (χ1v) is 10.7. The number of halogens is 2. The van der Waals surface area contributed by atoms with Gasteiger partial charge in [0.2, 0.25) is 0 Å². The molecule has 7 nitrogen and oxygen atoms in total. The van der Waals surface area contributed by atoms with E-state index in [-0.39, 0.29) is 6.61 Å². The lowest BCUT2D eigenvalue weighted by molar-refractivity contribution is 0.0528. The number of esters is 1. The van der Waals surface area contributed by atoms with E-state index in [1.165, 1.54) is 11.3 Å². The van der Waals surface area contributed by atoms with Crippen molar-refractivity contribution in [1.29, 1.82) is 0 Å². The molecular weight excluding hydrogens is 449 g/mol. The molecule has 0 fully saturated rings. The number of carbonyl (C=O) groups excluding carboxylic acids is 2. The maximum Gasteiger partial charge on any atom is 0.341 e. The molecule has 0 atom stereocenters. The van der Waals surface area contributed by atoms with Crippen molar-refractivity contribution in [3.63, 3.8) is 0 Å². The molecule has 2 amide bonds. The quantitative estimate of drug-likeness (QED) is 0.408. The molecule has 10 heteroatoms. The number of ether oxygens (including phenoxy) is 1. The minimum absolute atomic E-state index is 0.240. The first-order valence-electron chi connectivity index (χ1n) is 9.14. The first kappa shape index (κ1) is 22.1. The second-order valence-electron chi connectivity index (χ2n) is 6.17. The van der Waals surface area contributed by atoms with Gasteiger partial charge in [0, 0.05) is 10.4 Å². The highest BCUT2D eigenvalue weighted by molar-refractivity contribution is 7.16. The fraction of sp³-hybridized carbons (Fsp3) is 0.250. The Morgan fingerprint density at radius 1 is 1.20 bits per heavy atom. The van der Waals surface area contributed by atoms with Crippen LogP contribution in [0.25, 0.3) is 11.3 Å². The van der Waals surface area contributed by atoms with Crippen molar-refractivity contribution in [1.82, 2.24) is 5.16 Å². The maximum atomic E-state index is 12.7. The predicted octanol–water partition coefficient (Wildman–Crippen LogP) is 6.40. The van der Waals surface area contributed by atoms with Crippen LogP contribution in [0.1, 0.15) is 34.8 Å². The number of hydrogen-bond acceptors (Lipinski definition) is 6. The normalized spacial score (nSPS) is 10.7. The fourth-order valence-electron chi connectivity index (χ4n) is 2.73. The highest BCUT2D eigenvalue weighted by Crippen LogP contribution is 2.39. The van der Waals surface area contributed by atoms with Crippen LogP contribution in [0.5, 0.6) is 0 Å². The number of amides is 2. The van der Waals surface area contributed by atoms with E-state index in [1.807, 2.05) is 6.92 Å². The van der Waals surface area contributed by atoms with Gasteiger partial charge >= 0.3 is 12.0 Å². The Bertz CT molecular complexity index is 1070. The minimum Gasteiger partial charge on any atom is -0.462 e. The van der Waals surface area contributed by atoms with E-state index in [4.69, 9.17) is 32.5 Å². The van der Waals surface area contributed by atoms with E-state index < -0.39 is 12.0 Å². The molecule has 0 aliphatic rings. The van der Waals surface area contributed by atoms with Gasteiger partial charge in [-0.1, -0.05) is 41.3 Å². The molecule has 0 saturated carbocycles. The molecule has 1 aromatic carbocycles. The summed E-state index contributed by atoms with van der Waals surface area (Å²) in [7, 11) is 0. The number of nitrogens with one attached hydrogen (secondary N) is 2. The Hall–Kier alpha value is -2.55. The molecule has 0 aliphatic carbocycles. The lowest BCUT2D eigenvalue weighted by Gasteiger charge is -2.10. The van der Waals surface area contributed by atoms with Gasteiger partial charge in [-0.2, -0.15) is 0 Å². The molecule has 0 aliphatic heterocycles. The van der Waals surface area contributed by atoms with Gasteiger partial charge in [-0.25, -0.2) is 9.59 Å². The summed E-state index contributed by atoms with van der Waals surface area (Å²) in [6, 6.07) is 6.19. The number of aromatic nitrogens is 1. The zero-order valence-corrected chi connectivity index (χ0v) is 18.8. The number of thiophene rings is 1. The number of rotatable bonds is 6. The molecule has 3 rings (SSSR count). The molecule has 30 heavy (non-hydrogen) atoms. The molecule has 0 unspecified atom stereocenters. The summed E-state index contributed by atoms with van der Waals surface area (Å²) in [5.41, 5.74) is 1.39. The van der Waals surface area contributed by atoms with Crippen LogP contribution in [-0.2, 0) is 11.2 Å². The van der Waals surface area contributed by atoms with Crippen LogP contribution in [-0.4, -0.2) is 23.8 Å². The van der Waals surface area contributed by atoms with Crippen molar-refractivity contribution >= 4 is 57.2 Å². The van der Waals surface area contributed by atoms with Gasteiger partial charge in [0.25, 0.3) is 0 Å². The van der Waals surface area contributed by atoms with Gasteiger partial charge in [-0.3, -0.25) is 5.32 Å². The third-order valence-corrected chi connectivity index (χ3v) is 5.98. The molecule has 0 bridgehead atoms.